The largest absolute Gasteiger partial charge is 2.00 e. The van der Waals surface area contributed by atoms with Crippen molar-refractivity contribution < 1.29 is 72.8 Å². The molecule has 0 atom stereocenters. The first-order valence-corrected chi connectivity index (χ1v) is 7.35. The van der Waals surface area contributed by atoms with Crippen molar-refractivity contribution in [2.45, 2.75) is 0 Å². The van der Waals surface area contributed by atoms with Crippen LogP contribution < -0.4 is 42.0 Å². The summed E-state index contributed by atoms with van der Waals surface area (Å²) in [6.45, 7) is 0. The molecule has 0 aromatic rings. The quantitative estimate of drug-likeness (QED) is 0.369. The zero-order valence-corrected chi connectivity index (χ0v) is 18.1. The SMILES string of the molecule is [Na+].[O]=[GeH][O-].[O]=[GeH][O-].[O]=[GeH][O-].[Zn+2]. The van der Waals surface area contributed by atoms with Gasteiger partial charge in [-0.1, -0.05) is 0 Å². The molecule has 0 amide bonds. The minimum Gasteiger partial charge on any atom is 2.00 e. The summed E-state index contributed by atoms with van der Waals surface area (Å²) in [6, 6.07) is 0. The maximum absolute atomic E-state index is 8.53. The van der Waals surface area contributed by atoms with Gasteiger partial charge in [0.2, 0.25) is 0 Å². The van der Waals surface area contributed by atoms with E-state index in [2.05, 4.69) is 0 Å². The molecule has 0 rings (SSSR count). The van der Waals surface area contributed by atoms with E-state index in [1.54, 1.807) is 0 Å². The summed E-state index contributed by atoms with van der Waals surface area (Å²) in [5.41, 5.74) is 0. The zero-order chi connectivity index (χ0) is 8.12. The second-order valence-corrected chi connectivity index (χ2v) is 1.50. The van der Waals surface area contributed by atoms with Crippen LogP contribution >= 0.6 is 0 Å². The van der Waals surface area contributed by atoms with Crippen molar-refractivity contribution >= 4 is 47.1 Å². The molecule has 0 saturated carbocycles. The first kappa shape index (κ1) is 29.2. The van der Waals surface area contributed by atoms with Gasteiger partial charge in [0.15, 0.2) is 0 Å². The van der Waals surface area contributed by atoms with Crippen LogP contribution in [0.2, 0.25) is 0 Å². The van der Waals surface area contributed by atoms with Crippen molar-refractivity contribution in [1.29, 1.82) is 0 Å². The molecule has 54 valence electrons. The average molecular weight is 405 g/mol. The van der Waals surface area contributed by atoms with E-state index in [9.17, 15) is 0 Å². The summed E-state index contributed by atoms with van der Waals surface area (Å²) in [4.78, 5) is 0. The van der Waals surface area contributed by atoms with Crippen LogP contribution in [0, 0.1) is 0 Å². The van der Waals surface area contributed by atoms with Gasteiger partial charge in [0.1, 0.15) is 0 Å². The fraction of sp³-hybridized carbons (Fsp3) is 0. The van der Waals surface area contributed by atoms with Crippen molar-refractivity contribution in [2.24, 2.45) is 0 Å². The molecule has 0 radical (unpaired) electrons. The van der Waals surface area contributed by atoms with Gasteiger partial charge in [0.25, 0.3) is 0 Å². The molecule has 11 heteroatoms. The van der Waals surface area contributed by atoms with Crippen molar-refractivity contribution in [3.8, 4) is 0 Å². The molecule has 0 saturated heterocycles. The van der Waals surface area contributed by atoms with E-state index in [4.69, 9.17) is 23.7 Å². The van der Waals surface area contributed by atoms with E-state index in [1.165, 1.54) is 0 Å². The van der Waals surface area contributed by atoms with Crippen LogP contribution in [0.5, 0.6) is 0 Å². The molecule has 0 unspecified atom stereocenters. The Balaban J connectivity index is -0.0000000150. The average Bonchev–Trinajstić information content (AvgIpc) is 1.70. The summed E-state index contributed by atoms with van der Waals surface area (Å²) < 4.78 is 51.2. The van der Waals surface area contributed by atoms with Gasteiger partial charge in [-0.25, -0.2) is 0 Å². The third-order valence-corrected chi connectivity index (χ3v) is 0. The van der Waals surface area contributed by atoms with Gasteiger partial charge < -0.3 is 0 Å². The van der Waals surface area contributed by atoms with Crippen LogP contribution in [-0.4, -0.2) is 47.1 Å². The fourth-order valence-electron chi connectivity index (χ4n) is 0. The topological polar surface area (TPSA) is 120 Å². The molecular formula is H3Ge3NaO6Zn. The van der Waals surface area contributed by atoms with Crippen molar-refractivity contribution in [3.63, 3.8) is 0 Å². The minimum absolute atomic E-state index is 0. The maximum Gasteiger partial charge on any atom is 2.00 e. The first-order chi connectivity index (χ1) is 4.24. The number of hydrogen-bond acceptors (Lipinski definition) is 6. The van der Waals surface area contributed by atoms with Gasteiger partial charge in [-0.15, -0.1) is 0 Å². The summed E-state index contributed by atoms with van der Waals surface area (Å²) in [5, 5.41) is 0. The van der Waals surface area contributed by atoms with Crippen LogP contribution in [-0.2, 0) is 30.8 Å². The summed E-state index contributed by atoms with van der Waals surface area (Å²) >= 11 is -6.56. The Kier molecular flexibility index (Phi) is 153. The van der Waals surface area contributed by atoms with Gasteiger partial charge in [-0.3, -0.25) is 0 Å². The third kappa shape index (κ3) is 289. The van der Waals surface area contributed by atoms with Crippen molar-refractivity contribution in [2.75, 3.05) is 0 Å². The normalized spacial score (nSPS) is 3.27. The Bertz CT molecular complexity index is 54.6. The molecule has 0 N–H and O–H groups in total. The van der Waals surface area contributed by atoms with Crippen molar-refractivity contribution in [3.05, 3.63) is 0 Å². The maximum atomic E-state index is 8.53. The first-order valence-electron chi connectivity index (χ1n) is 1.41. The van der Waals surface area contributed by atoms with Crippen molar-refractivity contribution in [1.82, 2.24) is 0 Å². The molecule has 0 aromatic carbocycles. The molecule has 0 heterocycles. The molecule has 0 spiro atoms. The molecule has 0 fully saturated rings. The van der Waals surface area contributed by atoms with Gasteiger partial charge in [-0.05, 0) is 0 Å². The molecule has 0 bridgehead atoms. The van der Waals surface area contributed by atoms with Crippen LogP contribution in [0.25, 0.3) is 0 Å². The molecule has 0 aliphatic carbocycles. The molecule has 6 nitrogen and oxygen atoms in total. The smallest absolute Gasteiger partial charge is 2.00 e. The molecular weight excluding hydrogens is 402 g/mol. The second-order valence-electron chi connectivity index (χ2n) is 0.289. The Morgan fingerprint density at radius 2 is 0.727 bits per heavy atom. The van der Waals surface area contributed by atoms with E-state index in [0.29, 0.717) is 0 Å². The van der Waals surface area contributed by atoms with Crippen LogP contribution in [0.3, 0.4) is 0 Å². The van der Waals surface area contributed by atoms with E-state index < -0.39 is 47.1 Å². The standard InChI is InChI=1S/3GeHO2.Na.Zn/c3*2-1-3;;/h3*1H;;/q3*-1;+1;+2. The van der Waals surface area contributed by atoms with Gasteiger partial charge in [0.05, 0.1) is 0 Å². The predicted octanol–water partition coefficient (Wildman–Crippen LogP) is -8.87. The number of hydrogen-bond donors (Lipinski definition) is 0. The Hall–Kier alpha value is 2.05. The fourth-order valence-corrected chi connectivity index (χ4v) is 0. The van der Waals surface area contributed by atoms with Gasteiger partial charge in [0, 0.05) is 0 Å². The summed E-state index contributed by atoms with van der Waals surface area (Å²) in [5.74, 6) is 0. The second kappa shape index (κ2) is 57.7. The predicted molar refractivity (Wildman–Crippen MR) is 23.5 cm³/mol. The van der Waals surface area contributed by atoms with Gasteiger partial charge >= 0.3 is 120 Å². The Labute approximate surface area is 118 Å². The van der Waals surface area contributed by atoms with Crippen LogP contribution in [0.1, 0.15) is 0 Å². The Morgan fingerprint density at radius 3 is 0.727 bits per heavy atom. The molecule has 0 aliphatic heterocycles. The minimum atomic E-state index is -2.19. The summed E-state index contributed by atoms with van der Waals surface area (Å²) in [6.07, 6.45) is 0. The molecule has 11 heavy (non-hydrogen) atoms. The molecule has 0 aromatic heterocycles. The van der Waals surface area contributed by atoms with Crippen LogP contribution in [0.4, 0.5) is 0 Å². The Morgan fingerprint density at radius 1 is 0.727 bits per heavy atom. The van der Waals surface area contributed by atoms with E-state index in [1.807, 2.05) is 0 Å². The zero-order valence-electron chi connectivity index (χ0n) is 5.89. The summed E-state index contributed by atoms with van der Waals surface area (Å²) in [7, 11) is 0. The number of rotatable bonds is 0. The molecule has 0 aliphatic rings. The monoisotopic (exact) mass is 408 g/mol. The van der Waals surface area contributed by atoms with Crippen LogP contribution in [0.15, 0.2) is 0 Å². The van der Waals surface area contributed by atoms with E-state index in [-0.39, 0.29) is 49.0 Å². The third-order valence-electron chi connectivity index (χ3n) is 0. The van der Waals surface area contributed by atoms with E-state index >= 15 is 0 Å². The van der Waals surface area contributed by atoms with E-state index in [0.717, 1.165) is 0 Å². The van der Waals surface area contributed by atoms with Gasteiger partial charge in [-0.2, -0.15) is 0 Å².